The van der Waals surface area contributed by atoms with Crippen molar-refractivity contribution in [2.45, 2.75) is 66.0 Å². The summed E-state index contributed by atoms with van der Waals surface area (Å²) in [5.74, 6) is 1.30. The topological polar surface area (TPSA) is 46.9 Å². The van der Waals surface area contributed by atoms with Crippen LogP contribution in [0.3, 0.4) is 0 Å². The maximum absolute atomic E-state index is 12.6. The lowest BCUT2D eigenvalue weighted by atomic mass is 10.0. The molecule has 4 nitrogen and oxygen atoms in total. The third kappa shape index (κ3) is 4.54. The minimum absolute atomic E-state index is 0.140. The molecular formula is C22H31N3O. The molecule has 2 aromatic rings. The number of hydrogen-bond donors (Lipinski definition) is 1. The molecule has 1 aromatic heterocycles. The van der Waals surface area contributed by atoms with Crippen LogP contribution < -0.4 is 5.32 Å². The third-order valence-corrected chi connectivity index (χ3v) is 5.24. The summed E-state index contributed by atoms with van der Waals surface area (Å²) in [5.41, 5.74) is 4.70. The van der Waals surface area contributed by atoms with E-state index in [4.69, 9.17) is 0 Å². The number of hydrogen-bond acceptors (Lipinski definition) is 2. The second kappa shape index (κ2) is 8.07. The standard InChI is InChI=1S/C22H31N3O/c1-15(2)14-25-17(4)20(16(3)24-25)12-13-21(26)23-22(19-10-11-19)18-8-6-5-7-9-18/h5-9,15,19,22H,10-14H2,1-4H3,(H,23,26). The van der Waals surface area contributed by atoms with Gasteiger partial charge in [0.25, 0.3) is 0 Å². The average molecular weight is 354 g/mol. The molecule has 1 aromatic carbocycles. The molecule has 1 aliphatic carbocycles. The molecule has 0 saturated heterocycles. The highest BCUT2D eigenvalue weighted by molar-refractivity contribution is 5.77. The predicted octanol–water partition coefficient (Wildman–Crippen LogP) is 4.36. The number of amides is 1. The van der Waals surface area contributed by atoms with Crippen molar-refractivity contribution in [3.8, 4) is 0 Å². The number of rotatable bonds is 8. The quantitative estimate of drug-likeness (QED) is 0.766. The third-order valence-electron chi connectivity index (χ3n) is 5.24. The Balaban J connectivity index is 1.61. The van der Waals surface area contributed by atoms with Gasteiger partial charge in [-0.25, -0.2) is 0 Å². The summed E-state index contributed by atoms with van der Waals surface area (Å²) in [6.45, 7) is 9.49. The molecule has 1 saturated carbocycles. The van der Waals surface area contributed by atoms with Crippen LogP contribution in [0.15, 0.2) is 30.3 Å². The Morgan fingerprint density at radius 2 is 1.92 bits per heavy atom. The monoisotopic (exact) mass is 353 g/mol. The minimum Gasteiger partial charge on any atom is -0.349 e. The Bertz CT molecular complexity index is 744. The SMILES string of the molecule is Cc1nn(CC(C)C)c(C)c1CCC(=O)NC(c1ccccc1)C1CC1. The van der Waals surface area contributed by atoms with E-state index < -0.39 is 0 Å². The van der Waals surface area contributed by atoms with Gasteiger partial charge in [-0.2, -0.15) is 5.10 Å². The van der Waals surface area contributed by atoms with Gasteiger partial charge in [-0.15, -0.1) is 0 Å². The van der Waals surface area contributed by atoms with Gasteiger partial charge in [0.1, 0.15) is 0 Å². The predicted molar refractivity (Wildman–Crippen MR) is 105 cm³/mol. The van der Waals surface area contributed by atoms with E-state index in [0.29, 0.717) is 18.3 Å². The first kappa shape index (κ1) is 18.7. The molecule has 4 heteroatoms. The van der Waals surface area contributed by atoms with Crippen molar-refractivity contribution in [2.24, 2.45) is 11.8 Å². The zero-order valence-electron chi connectivity index (χ0n) is 16.5. The fourth-order valence-electron chi connectivity index (χ4n) is 3.67. The molecule has 1 amide bonds. The molecule has 1 N–H and O–H groups in total. The summed E-state index contributed by atoms with van der Waals surface area (Å²) in [5, 5.41) is 7.94. The maximum atomic E-state index is 12.6. The van der Waals surface area contributed by atoms with Crippen LogP contribution in [-0.2, 0) is 17.8 Å². The number of benzene rings is 1. The van der Waals surface area contributed by atoms with Crippen LogP contribution >= 0.6 is 0 Å². The molecule has 0 radical (unpaired) electrons. The van der Waals surface area contributed by atoms with Crippen LogP contribution in [0.2, 0.25) is 0 Å². The van der Waals surface area contributed by atoms with Crippen LogP contribution in [0.1, 0.15) is 61.7 Å². The Morgan fingerprint density at radius 3 is 2.54 bits per heavy atom. The normalized spacial score (nSPS) is 15.3. The molecule has 1 aliphatic rings. The summed E-state index contributed by atoms with van der Waals surface area (Å²) < 4.78 is 2.09. The lowest BCUT2D eigenvalue weighted by Gasteiger charge is -2.19. The van der Waals surface area contributed by atoms with Crippen molar-refractivity contribution < 1.29 is 4.79 Å². The highest BCUT2D eigenvalue weighted by Crippen LogP contribution is 2.41. The van der Waals surface area contributed by atoms with Crippen LogP contribution in [0, 0.1) is 25.7 Å². The van der Waals surface area contributed by atoms with Gasteiger partial charge in [0.05, 0.1) is 11.7 Å². The zero-order valence-corrected chi connectivity index (χ0v) is 16.5. The fraction of sp³-hybridized carbons (Fsp3) is 0.545. The lowest BCUT2D eigenvalue weighted by molar-refractivity contribution is -0.122. The van der Waals surface area contributed by atoms with Crippen LogP contribution in [0.25, 0.3) is 0 Å². The Kier molecular flexibility index (Phi) is 5.80. The van der Waals surface area contributed by atoms with Crippen LogP contribution in [0.5, 0.6) is 0 Å². The van der Waals surface area contributed by atoms with Gasteiger partial charge in [-0.05, 0) is 56.1 Å². The first-order valence-corrected chi connectivity index (χ1v) is 9.83. The number of aryl methyl sites for hydroxylation is 1. The van der Waals surface area contributed by atoms with Crippen molar-refractivity contribution in [1.82, 2.24) is 15.1 Å². The Hall–Kier alpha value is -2.10. The van der Waals surface area contributed by atoms with Crippen LogP contribution in [0.4, 0.5) is 0 Å². The maximum Gasteiger partial charge on any atom is 0.220 e. The van der Waals surface area contributed by atoms with Gasteiger partial charge in [-0.3, -0.25) is 9.48 Å². The molecule has 140 valence electrons. The molecule has 26 heavy (non-hydrogen) atoms. The van der Waals surface area contributed by atoms with E-state index in [0.717, 1.165) is 18.7 Å². The van der Waals surface area contributed by atoms with Gasteiger partial charge in [0, 0.05) is 18.7 Å². The first-order chi connectivity index (χ1) is 12.5. The molecule has 1 unspecified atom stereocenters. The molecule has 0 spiro atoms. The molecular weight excluding hydrogens is 322 g/mol. The van der Waals surface area contributed by atoms with E-state index in [1.165, 1.54) is 29.7 Å². The van der Waals surface area contributed by atoms with Gasteiger partial charge < -0.3 is 5.32 Å². The number of carbonyl (C=O) groups is 1. The Labute approximate surface area is 157 Å². The summed E-state index contributed by atoms with van der Waals surface area (Å²) in [6.07, 6.45) is 3.69. The minimum atomic E-state index is 0.140. The summed E-state index contributed by atoms with van der Waals surface area (Å²) in [4.78, 5) is 12.6. The van der Waals surface area contributed by atoms with Gasteiger partial charge in [0.15, 0.2) is 0 Å². The number of carbonyl (C=O) groups excluding carboxylic acids is 1. The van der Waals surface area contributed by atoms with Crippen LogP contribution in [-0.4, -0.2) is 15.7 Å². The van der Waals surface area contributed by atoms with Gasteiger partial charge >= 0.3 is 0 Å². The number of aromatic nitrogens is 2. The number of nitrogens with zero attached hydrogens (tertiary/aromatic N) is 2. The molecule has 1 atom stereocenters. The summed E-state index contributed by atoms with van der Waals surface area (Å²) in [6, 6.07) is 10.5. The van der Waals surface area contributed by atoms with Crippen molar-refractivity contribution >= 4 is 5.91 Å². The molecule has 3 rings (SSSR count). The van der Waals surface area contributed by atoms with Crippen molar-refractivity contribution in [2.75, 3.05) is 0 Å². The average Bonchev–Trinajstić information content (AvgIpc) is 3.40. The highest BCUT2D eigenvalue weighted by atomic mass is 16.1. The Morgan fingerprint density at radius 1 is 1.23 bits per heavy atom. The van der Waals surface area contributed by atoms with E-state index in [2.05, 4.69) is 48.0 Å². The zero-order chi connectivity index (χ0) is 18.7. The van der Waals surface area contributed by atoms with Crippen molar-refractivity contribution in [3.05, 3.63) is 52.8 Å². The molecule has 1 heterocycles. The second-order valence-electron chi connectivity index (χ2n) is 8.02. The van der Waals surface area contributed by atoms with E-state index in [1.807, 2.05) is 25.1 Å². The lowest BCUT2D eigenvalue weighted by Crippen LogP contribution is -2.30. The molecule has 0 bridgehead atoms. The van der Waals surface area contributed by atoms with E-state index >= 15 is 0 Å². The van der Waals surface area contributed by atoms with Crippen molar-refractivity contribution in [3.63, 3.8) is 0 Å². The summed E-state index contributed by atoms with van der Waals surface area (Å²) in [7, 11) is 0. The highest BCUT2D eigenvalue weighted by Gasteiger charge is 2.33. The largest absolute Gasteiger partial charge is 0.349 e. The van der Waals surface area contributed by atoms with Gasteiger partial charge in [-0.1, -0.05) is 44.2 Å². The second-order valence-corrected chi connectivity index (χ2v) is 8.02. The molecule has 0 aliphatic heterocycles. The summed E-state index contributed by atoms with van der Waals surface area (Å²) >= 11 is 0. The van der Waals surface area contributed by atoms with Gasteiger partial charge in [0.2, 0.25) is 5.91 Å². The first-order valence-electron chi connectivity index (χ1n) is 9.83. The van der Waals surface area contributed by atoms with Crippen molar-refractivity contribution in [1.29, 1.82) is 0 Å². The van der Waals surface area contributed by atoms with E-state index in [-0.39, 0.29) is 11.9 Å². The molecule has 1 fully saturated rings. The number of nitrogens with one attached hydrogen (secondary N) is 1. The smallest absolute Gasteiger partial charge is 0.220 e. The van der Waals surface area contributed by atoms with E-state index in [9.17, 15) is 4.79 Å². The van der Waals surface area contributed by atoms with E-state index in [1.54, 1.807) is 0 Å². The fourth-order valence-corrected chi connectivity index (χ4v) is 3.67.